The van der Waals surface area contributed by atoms with Gasteiger partial charge >= 0.3 is 0 Å². The quantitative estimate of drug-likeness (QED) is 0.811. The lowest BCUT2D eigenvalue weighted by molar-refractivity contribution is -0.134. The lowest BCUT2D eigenvalue weighted by Gasteiger charge is -2.38. The van der Waals surface area contributed by atoms with Crippen LogP contribution in [0.3, 0.4) is 0 Å². The summed E-state index contributed by atoms with van der Waals surface area (Å²) in [5, 5.41) is 0. The molecule has 0 aromatic carbocycles. The van der Waals surface area contributed by atoms with Crippen molar-refractivity contribution in [3.05, 3.63) is 0 Å². The fourth-order valence-corrected chi connectivity index (χ4v) is 3.91. The van der Waals surface area contributed by atoms with Gasteiger partial charge in [-0.15, -0.1) is 24.8 Å². The largest absolute Gasteiger partial charge is 0.343 e. The number of piperidine rings is 1. The third-order valence-corrected chi connectivity index (χ3v) is 5.44. The number of carbonyl (C=O) groups excluding carboxylic acids is 1. The summed E-state index contributed by atoms with van der Waals surface area (Å²) < 4.78 is 0. The molecule has 23 heavy (non-hydrogen) atoms. The van der Waals surface area contributed by atoms with E-state index in [1.165, 1.54) is 25.8 Å². The Hall–Kier alpha value is -0.0300. The Labute approximate surface area is 154 Å². The Morgan fingerprint density at radius 2 is 1.74 bits per heavy atom. The highest BCUT2D eigenvalue weighted by atomic mass is 35.5. The molecule has 1 aliphatic carbocycles. The summed E-state index contributed by atoms with van der Waals surface area (Å²) in [4.78, 5) is 17.1. The number of hydrogen-bond acceptors (Lipinski definition) is 3. The van der Waals surface area contributed by atoms with Crippen LogP contribution < -0.4 is 5.73 Å². The average Bonchev–Trinajstić information content (AvgIpc) is 2.50. The van der Waals surface area contributed by atoms with Crippen LogP contribution in [0.1, 0.15) is 58.3 Å². The van der Waals surface area contributed by atoms with Gasteiger partial charge in [-0.3, -0.25) is 4.79 Å². The van der Waals surface area contributed by atoms with E-state index < -0.39 is 0 Å². The van der Waals surface area contributed by atoms with Crippen LogP contribution in [0.25, 0.3) is 0 Å². The SMILES string of the molecule is CCCN1CCC(N(C)C(=O)CC2CCCCC2N)CC1.Cl.Cl. The summed E-state index contributed by atoms with van der Waals surface area (Å²) in [5.41, 5.74) is 6.18. The molecule has 6 heteroatoms. The van der Waals surface area contributed by atoms with Crippen LogP contribution in [0.4, 0.5) is 0 Å². The molecule has 0 spiro atoms. The minimum Gasteiger partial charge on any atom is -0.343 e. The van der Waals surface area contributed by atoms with Gasteiger partial charge in [0.25, 0.3) is 0 Å². The lowest BCUT2D eigenvalue weighted by atomic mass is 9.82. The summed E-state index contributed by atoms with van der Waals surface area (Å²) in [5.74, 6) is 0.722. The smallest absolute Gasteiger partial charge is 0.222 e. The average molecular weight is 368 g/mol. The van der Waals surface area contributed by atoms with E-state index in [1.807, 2.05) is 11.9 Å². The standard InChI is InChI=1S/C17H33N3O.2ClH/c1-3-10-20-11-8-15(9-12-20)19(2)17(21)13-14-6-4-5-7-16(14)18;;/h14-16H,3-13,18H2,1-2H3;2*1H. The molecule has 2 rings (SSSR count). The van der Waals surface area contributed by atoms with E-state index in [1.54, 1.807) is 0 Å². The Morgan fingerprint density at radius 3 is 2.30 bits per heavy atom. The van der Waals surface area contributed by atoms with Gasteiger partial charge in [0, 0.05) is 38.6 Å². The summed E-state index contributed by atoms with van der Waals surface area (Å²) in [6, 6.07) is 0.674. The second-order valence-electron chi connectivity index (χ2n) is 6.99. The van der Waals surface area contributed by atoms with Crippen LogP contribution in [-0.2, 0) is 4.79 Å². The molecule has 1 saturated carbocycles. The van der Waals surface area contributed by atoms with E-state index in [2.05, 4.69) is 11.8 Å². The highest BCUT2D eigenvalue weighted by molar-refractivity contribution is 5.85. The monoisotopic (exact) mass is 367 g/mol. The number of rotatable bonds is 5. The molecule has 4 nitrogen and oxygen atoms in total. The van der Waals surface area contributed by atoms with Crippen LogP contribution in [-0.4, -0.2) is 54.5 Å². The highest BCUT2D eigenvalue weighted by Crippen LogP contribution is 2.27. The van der Waals surface area contributed by atoms with Crippen LogP contribution in [0.2, 0.25) is 0 Å². The van der Waals surface area contributed by atoms with Crippen LogP contribution in [0.5, 0.6) is 0 Å². The number of likely N-dealkylation sites (tertiary alicyclic amines) is 1. The van der Waals surface area contributed by atoms with Crippen molar-refractivity contribution in [3.63, 3.8) is 0 Å². The van der Waals surface area contributed by atoms with E-state index in [9.17, 15) is 4.79 Å². The molecule has 2 fully saturated rings. The molecule has 2 aliphatic rings. The minimum absolute atomic E-state index is 0. The molecular weight excluding hydrogens is 333 g/mol. The van der Waals surface area contributed by atoms with Crippen LogP contribution >= 0.6 is 24.8 Å². The maximum atomic E-state index is 12.5. The van der Waals surface area contributed by atoms with Gasteiger partial charge in [-0.25, -0.2) is 0 Å². The minimum atomic E-state index is 0. The van der Waals surface area contributed by atoms with Gasteiger partial charge in [0.15, 0.2) is 0 Å². The molecule has 0 aromatic rings. The third kappa shape index (κ3) is 6.77. The molecule has 0 aromatic heterocycles. The van der Waals surface area contributed by atoms with Crippen molar-refractivity contribution < 1.29 is 4.79 Å². The maximum absolute atomic E-state index is 12.5. The second-order valence-corrected chi connectivity index (χ2v) is 6.99. The normalized spacial score (nSPS) is 26.0. The molecule has 1 aliphatic heterocycles. The summed E-state index contributed by atoms with van der Waals surface area (Å²) in [6.45, 7) is 5.70. The molecule has 2 N–H and O–H groups in total. The van der Waals surface area contributed by atoms with Gasteiger partial charge in [-0.1, -0.05) is 19.8 Å². The first-order valence-corrected chi connectivity index (χ1v) is 8.85. The number of carbonyl (C=O) groups is 1. The van der Waals surface area contributed by atoms with Crippen molar-refractivity contribution in [2.75, 3.05) is 26.7 Å². The predicted molar refractivity (Wildman–Crippen MR) is 102 cm³/mol. The first-order chi connectivity index (χ1) is 10.1. The molecule has 138 valence electrons. The number of hydrogen-bond donors (Lipinski definition) is 1. The number of nitrogens with zero attached hydrogens (tertiary/aromatic N) is 2. The molecule has 0 bridgehead atoms. The molecule has 0 radical (unpaired) electrons. The molecule has 1 amide bonds. The van der Waals surface area contributed by atoms with Gasteiger partial charge in [-0.2, -0.15) is 0 Å². The summed E-state index contributed by atoms with van der Waals surface area (Å²) in [7, 11) is 2.00. The Balaban J connectivity index is 0.00000242. The Kier molecular flexibility index (Phi) is 11.5. The predicted octanol–water partition coefficient (Wildman–Crippen LogP) is 3.07. The van der Waals surface area contributed by atoms with Crippen LogP contribution in [0, 0.1) is 5.92 Å². The zero-order valence-electron chi connectivity index (χ0n) is 14.7. The number of halogens is 2. The molecule has 1 saturated heterocycles. The van der Waals surface area contributed by atoms with Crippen molar-refractivity contribution in [1.82, 2.24) is 9.80 Å². The van der Waals surface area contributed by atoms with Crippen molar-refractivity contribution >= 4 is 30.7 Å². The topological polar surface area (TPSA) is 49.6 Å². The first-order valence-electron chi connectivity index (χ1n) is 8.85. The number of nitrogens with two attached hydrogens (primary N) is 1. The van der Waals surface area contributed by atoms with Crippen LogP contribution in [0.15, 0.2) is 0 Å². The molecule has 2 atom stereocenters. The molecular formula is C17H35Cl2N3O. The van der Waals surface area contributed by atoms with Crippen molar-refractivity contribution in [3.8, 4) is 0 Å². The van der Waals surface area contributed by atoms with Crippen molar-refractivity contribution in [2.24, 2.45) is 11.7 Å². The van der Waals surface area contributed by atoms with E-state index >= 15 is 0 Å². The second kappa shape index (κ2) is 11.5. The zero-order valence-corrected chi connectivity index (χ0v) is 16.3. The van der Waals surface area contributed by atoms with Gasteiger partial charge in [0.2, 0.25) is 5.91 Å². The molecule has 2 unspecified atom stereocenters. The van der Waals surface area contributed by atoms with Gasteiger partial charge in [-0.05, 0) is 44.6 Å². The van der Waals surface area contributed by atoms with E-state index in [4.69, 9.17) is 5.73 Å². The van der Waals surface area contributed by atoms with Gasteiger partial charge < -0.3 is 15.5 Å². The summed E-state index contributed by atoms with van der Waals surface area (Å²) >= 11 is 0. The summed E-state index contributed by atoms with van der Waals surface area (Å²) in [6.07, 6.45) is 8.83. The number of amides is 1. The van der Waals surface area contributed by atoms with Crippen molar-refractivity contribution in [1.29, 1.82) is 0 Å². The van der Waals surface area contributed by atoms with E-state index in [0.29, 0.717) is 24.3 Å². The zero-order chi connectivity index (χ0) is 15.2. The van der Waals surface area contributed by atoms with E-state index in [-0.39, 0.29) is 30.9 Å². The van der Waals surface area contributed by atoms with E-state index in [0.717, 1.165) is 38.8 Å². The first kappa shape index (κ1) is 23.0. The highest BCUT2D eigenvalue weighted by Gasteiger charge is 2.29. The fourth-order valence-electron chi connectivity index (χ4n) is 3.91. The van der Waals surface area contributed by atoms with Gasteiger partial charge in [0.05, 0.1) is 0 Å². The lowest BCUT2D eigenvalue weighted by Crippen LogP contribution is -2.47. The Bertz CT molecular complexity index is 336. The van der Waals surface area contributed by atoms with Gasteiger partial charge in [0.1, 0.15) is 0 Å². The Morgan fingerprint density at radius 1 is 1.13 bits per heavy atom. The maximum Gasteiger partial charge on any atom is 0.222 e. The fraction of sp³-hybridized carbons (Fsp3) is 0.941. The van der Waals surface area contributed by atoms with Crippen molar-refractivity contribution in [2.45, 2.75) is 70.4 Å². The molecule has 1 heterocycles. The third-order valence-electron chi connectivity index (χ3n) is 5.44.